The highest BCUT2D eigenvalue weighted by atomic mass is 35.5. The first-order chi connectivity index (χ1) is 11.5. The Bertz CT molecular complexity index is 651. The smallest absolute Gasteiger partial charge is 0.349 e. The molecule has 0 N–H and O–H groups in total. The number of ether oxygens (including phenoxy) is 4. The first-order valence-electron chi connectivity index (χ1n) is 7.28. The third-order valence-corrected chi connectivity index (χ3v) is 3.18. The summed E-state index contributed by atoms with van der Waals surface area (Å²) in [6.07, 6.45) is 0.924. The number of hydrogen-bond acceptors (Lipinski definition) is 6. The van der Waals surface area contributed by atoms with Crippen molar-refractivity contribution >= 4 is 23.6 Å². The van der Waals surface area contributed by atoms with Gasteiger partial charge in [-0.2, -0.15) is 5.26 Å². The highest BCUT2D eigenvalue weighted by Gasteiger charge is 2.16. The molecule has 0 heterocycles. The Balaban J connectivity index is 3.12. The summed E-state index contributed by atoms with van der Waals surface area (Å²) in [7, 11) is 2.98. The summed E-state index contributed by atoms with van der Waals surface area (Å²) in [6.45, 7) is 4.16. The highest BCUT2D eigenvalue weighted by Crippen LogP contribution is 2.36. The average molecular weight is 354 g/mol. The van der Waals surface area contributed by atoms with Gasteiger partial charge in [-0.15, -0.1) is 0 Å². The number of halogens is 1. The lowest BCUT2D eigenvalue weighted by atomic mass is 10.1. The van der Waals surface area contributed by atoms with Crippen molar-refractivity contribution in [2.24, 2.45) is 0 Å². The van der Waals surface area contributed by atoms with Gasteiger partial charge in [-0.05, 0) is 37.6 Å². The fourth-order valence-corrected chi connectivity index (χ4v) is 2.25. The van der Waals surface area contributed by atoms with E-state index in [0.29, 0.717) is 28.7 Å². The van der Waals surface area contributed by atoms with Crippen molar-refractivity contribution in [1.29, 1.82) is 5.26 Å². The number of nitriles is 1. The summed E-state index contributed by atoms with van der Waals surface area (Å²) in [4.78, 5) is 12.0. The van der Waals surface area contributed by atoms with Crippen LogP contribution in [-0.4, -0.2) is 39.5 Å². The van der Waals surface area contributed by atoms with E-state index in [-0.39, 0.29) is 12.2 Å². The second kappa shape index (κ2) is 9.81. The molecule has 1 aromatic carbocycles. The fourth-order valence-electron chi connectivity index (χ4n) is 1.95. The van der Waals surface area contributed by atoms with Crippen LogP contribution >= 0.6 is 11.6 Å². The van der Waals surface area contributed by atoms with Crippen LogP contribution in [0.1, 0.15) is 19.4 Å². The van der Waals surface area contributed by atoms with Gasteiger partial charge in [-0.1, -0.05) is 11.6 Å². The summed E-state index contributed by atoms with van der Waals surface area (Å²) < 4.78 is 20.7. The van der Waals surface area contributed by atoms with Gasteiger partial charge < -0.3 is 18.9 Å². The molecule has 0 amide bonds. The van der Waals surface area contributed by atoms with Gasteiger partial charge in [0.15, 0.2) is 11.5 Å². The van der Waals surface area contributed by atoms with Crippen molar-refractivity contribution in [2.45, 2.75) is 20.0 Å². The molecule has 1 aromatic rings. The van der Waals surface area contributed by atoms with Crippen molar-refractivity contribution in [3.63, 3.8) is 0 Å². The van der Waals surface area contributed by atoms with Gasteiger partial charge in [0.05, 0.1) is 25.3 Å². The molecular formula is C17H20ClNO5. The van der Waals surface area contributed by atoms with E-state index >= 15 is 0 Å². The Labute approximate surface area is 146 Å². The Morgan fingerprint density at radius 2 is 2.12 bits per heavy atom. The topological polar surface area (TPSA) is 77.8 Å². The Kier molecular flexibility index (Phi) is 8.10. The summed E-state index contributed by atoms with van der Waals surface area (Å²) in [5, 5.41) is 9.52. The van der Waals surface area contributed by atoms with Crippen LogP contribution in [0.15, 0.2) is 17.7 Å². The molecule has 1 atom stereocenters. The van der Waals surface area contributed by atoms with Crippen LogP contribution in [0.25, 0.3) is 6.08 Å². The van der Waals surface area contributed by atoms with Gasteiger partial charge in [0.2, 0.25) is 0 Å². The quantitative estimate of drug-likeness (QED) is 0.405. The minimum absolute atomic E-state index is 0.151. The van der Waals surface area contributed by atoms with Gasteiger partial charge in [0.1, 0.15) is 17.7 Å². The molecule has 7 heteroatoms. The van der Waals surface area contributed by atoms with Gasteiger partial charge in [-0.25, -0.2) is 4.79 Å². The molecule has 0 aromatic heterocycles. The lowest BCUT2D eigenvalue weighted by Crippen LogP contribution is -2.20. The zero-order valence-corrected chi connectivity index (χ0v) is 14.8. The average Bonchev–Trinajstić information content (AvgIpc) is 2.52. The van der Waals surface area contributed by atoms with Crippen molar-refractivity contribution in [2.75, 3.05) is 27.4 Å². The number of methoxy groups -OCH3 is 2. The zero-order chi connectivity index (χ0) is 18.1. The second-order valence-corrected chi connectivity index (χ2v) is 5.22. The number of esters is 1. The fraction of sp³-hybridized carbons (Fsp3) is 0.412. The lowest BCUT2D eigenvalue weighted by Gasteiger charge is -2.13. The van der Waals surface area contributed by atoms with E-state index in [1.807, 2.05) is 13.0 Å². The zero-order valence-electron chi connectivity index (χ0n) is 14.1. The second-order valence-electron chi connectivity index (χ2n) is 4.81. The van der Waals surface area contributed by atoms with Crippen molar-refractivity contribution < 1.29 is 23.7 Å². The molecule has 24 heavy (non-hydrogen) atoms. The molecule has 0 bridgehead atoms. The molecule has 0 unspecified atom stereocenters. The van der Waals surface area contributed by atoms with E-state index in [2.05, 4.69) is 0 Å². The lowest BCUT2D eigenvalue weighted by molar-refractivity contribution is -0.145. The molecule has 0 saturated carbocycles. The van der Waals surface area contributed by atoms with Crippen molar-refractivity contribution in [1.82, 2.24) is 0 Å². The Hall–Kier alpha value is -2.23. The van der Waals surface area contributed by atoms with Crippen LogP contribution in [0.3, 0.4) is 0 Å². The van der Waals surface area contributed by atoms with E-state index in [1.165, 1.54) is 20.3 Å². The minimum atomic E-state index is -0.730. The molecule has 130 valence electrons. The van der Waals surface area contributed by atoms with Crippen molar-refractivity contribution in [3.05, 3.63) is 28.3 Å². The molecule has 0 spiro atoms. The van der Waals surface area contributed by atoms with Gasteiger partial charge in [0, 0.05) is 7.11 Å². The molecule has 0 aliphatic rings. The standard InChI is InChI=1S/C17H20ClNO5/c1-5-23-15-8-12(7-14(18)16(15)22-4)6-13(9-19)17(20)24-11(2)10-21-3/h6-8,11H,5,10H2,1-4H3/b13-6+/t11-/m1/s1. The number of rotatable bonds is 8. The molecule has 0 aliphatic carbocycles. The van der Waals surface area contributed by atoms with Gasteiger partial charge >= 0.3 is 5.97 Å². The maximum Gasteiger partial charge on any atom is 0.349 e. The molecule has 0 radical (unpaired) electrons. The molecule has 6 nitrogen and oxygen atoms in total. The van der Waals surface area contributed by atoms with E-state index in [1.54, 1.807) is 19.1 Å². The highest BCUT2D eigenvalue weighted by molar-refractivity contribution is 6.32. The molecule has 0 aliphatic heterocycles. The Morgan fingerprint density at radius 1 is 1.42 bits per heavy atom. The summed E-state index contributed by atoms with van der Waals surface area (Å²) in [5.41, 5.74) is 0.374. The third-order valence-electron chi connectivity index (χ3n) is 2.90. The maximum atomic E-state index is 12.0. The van der Waals surface area contributed by atoms with Crippen molar-refractivity contribution in [3.8, 4) is 17.6 Å². The maximum absolute atomic E-state index is 12.0. The summed E-state index contributed by atoms with van der Waals surface area (Å²) >= 11 is 6.15. The predicted octanol–water partition coefficient (Wildman–Crippen LogP) is 3.23. The number of benzene rings is 1. The van der Waals surface area contributed by atoms with Gasteiger partial charge in [0.25, 0.3) is 0 Å². The summed E-state index contributed by atoms with van der Waals surface area (Å²) in [5.74, 6) is 0.0922. The van der Waals surface area contributed by atoms with E-state index in [9.17, 15) is 10.1 Å². The van der Waals surface area contributed by atoms with Crippen LogP contribution in [0, 0.1) is 11.3 Å². The normalized spacial score (nSPS) is 12.2. The van der Waals surface area contributed by atoms with Crippen LogP contribution < -0.4 is 9.47 Å². The molecule has 0 saturated heterocycles. The third kappa shape index (κ3) is 5.44. The largest absolute Gasteiger partial charge is 0.491 e. The van der Waals surface area contributed by atoms with Crippen LogP contribution in [0.4, 0.5) is 0 Å². The van der Waals surface area contributed by atoms with Crippen LogP contribution in [0.2, 0.25) is 5.02 Å². The number of hydrogen-bond donors (Lipinski definition) is 0. The monoisotopic (exact) mass is 353 g/mol. The number of carbonyl (C=O) groups is 1. The van der Waals surface area contributed by atoms with E-state index < -0.39 is 12.1 Å². The number of carbonyl (C=O) groups excluding carboxylic acids is 1. The SMILES string of the molecule is CCOc1cc(/C=C(\C#N)C(=O)O[C@H](C)COC)cc(Cl)c1OC. The Morgan fingerprint density at radius 3 is 2.67 bits per heavy atom. The predicted molar refractivity (Wildman–Crippen MR) is 90.2 cm³/mol. The minimum Gasteiger partial charge on any atom is -0.491 e. The first-order valence-corrected chi connectivity index (χ1v) is 7.66. The van der Waals surface area contributed by atoms with Gasteiger partial charge in [-0.3, -0.25) is 0 Å². The summed E-state index contributed by atoms with van der Waals surface area (Å²) in [6, 6.07) is 5.04. The molecule has 0 fully saturated rings. The van der Waals surface area contributed by atoms with E-state index in [0.717, 1.165) is 0 Å². The van der Waals surface area contributed by atoms with Crippen LogP contribution in [-0.2, 0) is 14.3 Å². The van der Waals surface area contributed by atoms with E-state index in [4.69, 9.17) is 30.5 Å². The first kappa shape index (κ1) is 19.8. The molecular weight excluding hydrogens is 334 g/mol. The molecule has 1 rings (SSSR count). The van der Waals surface area contributed by atoms with Crippen LogP contribution in [0.5, 0.6) is 11.5 Å². The number of nitrogens with zero attached hydrogens (tertiary/aromatic N) is 1.